The molecule has 0 amide bonds. The summed E-state index contributed by atoms with van der Waals surface area (Å²) in [5, 5.41) is 11.1. The Morgan fingerprint density at radius 1 is 0.288 bits per heavy atom. The van der Waals surface area contributed by atoms with Gasteiger partial charge >= 0.3 is 47.8 Å². The van der Waals surface area contributed by atoms with Crippen molar-refractivity contribution < 1.29 is 81.4 Å². The summed E-state index contributed by atoms with van der Waals surface area (Å²) in [5.74, 6) is -5.42. The number of carbonyl (C=O) groups excluding carboxylic acids is 8. The number of rotatable bonds is 30. The summed E-state index contributed by atoms with van der Waals surface area (Å²) in [7, 11) is 17.0. The highest BCUT2D eigenvalue weighted by atomic mass is 16.6. The van der Waals surface area contributed by atoms with Crippen molar-refractivity contribution >= 4 is 47.8 Å². The summed E-state index contributed by atoms with van der Waals surface area (Å²) in [4.78, 5) is 126. The van der Waals surface area contributed by atoms with E-state index in [9.17, 15) is 43.5 Å². The Labute approximate surface area is 889 Å². The topological polar surface area (TPSA) is 257 Å². The van der Waals surface area contributed by atoms with Crippen LogP contribution in [0.3, 0.4) is 0 Å². The average Bonchev–Trinajstić information content (AvgIpc) is 0.773. The van der Waals surface area contributed by atoms with Gasteiger partial charge in [0, 0.05) is 211 Å². The minimum absolute atomic E-state index is 0.00474. The van der Waals surface area contributed by atoms with Gasteiger partial charge in [-0.05, 0) is 331 Å². The summed E-state index contributed by atoms with van der Waals surface area (Å²) in [6.07, 6.45) is 19.6. The Morgan fingerprint density at radius 3 is 0.671 bits per heavy atom. The molecule has 0 radical (unpaired) electrons. The van der Waals surface area contributed by atoms with Crippen LogP contribution in [-0.4, -0.2) is 286 Å². The summed E-state index contributed by atoms with van der Waals surface area (Å²) in [5.41, 5.74) is 0.699. The molecule has 0 aromatic heterocycles. The number of unbranched alkanes of at least 4 members (excludes halogenated alkanes) is 6. The van der Waals surface area contributed by atoms with Crippen molar-refractivity contribution in [2.24, 2.45) is 17.8 Å². The van der Waals surface area contributed by atoms with Gasteiger partial charge in [0.25, 0.3) is 0 Å². The van der Waals surface area contributed by atoms with Gasteiger partial charge in [-0.15, -0.1) is 0 Å². The number of ether oxygens (including phenoxy) is 8. The molecular weight excluding hydrogens is 1840 g/mol. The number of hydrogen-bond donors (Lipinski definition) is 1. The van der Waals surface area contributed by atoms with Crippen LogP contribution in [0.15, 0.2) is 12.1 Å². The summed E-state index contributed by atoms with van der Waals surface area (Å²) in [6.45, 7) is 86.1. The molecule has 8 fully saturated rings. The maximum absolute atomic E-state index is 14.8. The zero-order chi connectivity index (χ0) is 112. The number of phenols is 1. The van der Waals surface area contributed by atoms with Crippen LogP contribution in [0.5, 0.6) is 5.75 Å². The van der Waals surface area contributed by atoms with E-state index in [1.165, 1.54) is 6.92 Å². The first-order chi connectivity index (χ1) is 65.8. The lowest BCUT2D eigenvalue weighted by Gasteiger charge is -2.53. The van der Waals surface area contributed by atoms with Gasteiger partial charge in [-0.25, -0.2) is 0 Å². The van der Waals surface area contributed by atoms with Crippen LogP contribution in [-0.2, 0) is 93.5 Å². The Morgan fingerprint density at radius 2 is 0.473 bits per heavy atom. The highest BCUT2D eigenvalue weighted by molar-refractivity contribution is 5.89. The quantitative estimate of drug-likeness (QED) is 0.0426. The van der Waals surface area contributed by atoms with Crippen LogP contribution in [0.1, 0.15) is 480 Å². The zero-order valence-corrected chi connectivity index (χ0v) is 102. The van der Waals surface area contributed by atoms with Crippen molar-refractivity contribution in [2.45, 2.75) is 618 Å². The van der Waals surface area contributed by atoms with E-state index in [0.29, 0.717) is 76.4 Å². The van der Waals surface area contributed by atoms with Gasteiger partial charge < -0.3 is 43.0 Å². The van der Waals surface area contributed by atoms with Crippen molar-refractivity contribution in [1.82, 2.24) is 39.2 Å². The van der Waals surface area contributed by atoms with E-state index in [2.05, 4.69) is 378 Å². The molecule has 25 nitrogen and oxygen atoms in total. The van der Waals surface area contributed by atoms with E-state index in [1.54, 1.807) is 0 Å². The van der Waals surface area contributed by atoms with Gasteiger partial charge in [-0.1, -0.05) is 99.1 Å². The SMILES string of the molecule is CC(=O)OC1CC(C)(C)N(C)C(C)(C)C1.CCCCC(Cc1cc(C(C)(C)C)c(O)c(C(C)(C)C)c1)C(=O)OC1CC(C)(C)N(C)C(C)(C)C1.CN1C(C)(C)CC(OC(=O)CC(C(=O)OC2CC(C)(C)N(C)C(C)(C)C2)C(CC(=O)OC2CC(C)(C)N(C)C(C)(C)C2)C(=O)OC2CC(C)(C)N(C)C(C)(C)C2)CC1(C)C.CN1C(C)(C)CC(OC(=O)CCCCCCCCC(=O)OC2CC(C)(C)N(C)C(C)(C)C2)CC1(C)C. The Bertz CT molecular complexity index is 4160. The van der Waals surface area contributed by atoms with Gasteiger partial charge in [-0.3, -0.25) is 77.6 Å². The van der Waals surface area contributed by atoms with E-state index in [1.807, 2.05) is 0 Å². The molecule has 0 saturated carbocycles. The predicted octanol–water partition coefficient (Wildman–Crippen LogP) is 24.0. The van der Waals surface area contributed by atoms with Crippen LogP contribution in [0, 0.1) is 17.8 Å². The van der Waals surface area contributed by atoms with E-state index < -0.39 is 73.0 Å². The van der Waals surface area contributed by atoms with E-state index in [0.717, 1.165) is 126 Å². The largest absolute Gasteiger partial charge is 0.507 e. The molecule has 0 aliphatic carbocycles. The molecule has 146 heavy (non-hydrogen) atoms. The molecule has 1 aromatic rings. The smallest absolute Gasteiger partial charge is 0.310 e. The number of carbonyl (C=O) groups is 8. The first-order valence-corrected chi connectivity index (χ1v) is 56.2. The molecule has 8 saturated heterocycles. The molecule has 3 atom stereocenters. The second-order valence-corrected chi connectivity index (χ2v) is 58.4. The maximum Gasteiger partial charge on any atom is 0.310 e. The number of benzene rings is 1. The zero-order valence-electron chi connectivity index (χ0n) is 102. The third kappa shape index (κ3) is 35.0. The number of nitrogens with zero attached hydrogens (tertiary/aromatic N) is 8. The highest BCUT2D eigenvalue weighted by Gasteiger charge is 2.55. The molecule has 1 aromatic carbocycles. The third-order valence-corrected chi connectivity index (χ3v) is 36.9. The van der Waals surface area contributed by atoms with Gasteiger partial charge in [0.2, 0.25) is 0 Å². The number of likely N-dealkylation sites (tertiary alicyclic amines) is 8. The Hall–Kier alpha value is -5.54. The van der Waals surface area contributed by atoms with Crippen LogP contribution < -0.4 is 0 Å². The molecule has 3 unspecified atom stereocenters. The monoisotopic (exact) mass is 2060 g/mol. The van der Waals surface area contributed by atoms with Gasteiger partial charge in [0.05, 0.1) is 30.6 Å². The number of hydrogen-bond acceptors (Lipinski definition) is 25. The van der Waals surface area contributed by atoms with Crippen LogP contribution in [0.25, 0.3) is 0 Å². The van der Waals surface area contributed by atoms with Crippen molar-refractivity contribution in [3.63, 3.8) is 0 Å². The number of phenolic OH excluding ortho intramolecular Hbond substituents is 1. The fourth-order valence-corrected chi connectivity index (χ4v) is 26.2. The van der Waals surface area contributed by atoms with Gasteiger partial charge in [0.15, 0.2) is 0 Å². The van der Waals surface area contributed by atoms with Crippen molar-refractivity contribution in [1.29, 1.82) is 0 Å². The lowest BCUT2D eigenvalue weighted by molar-refractivity contribution is -0.182. The normalized spacial score (nSPS) is 25.1. The molecule has 844 valence electrons. The Balaban J connectivity index is 0.000000325. The first-order valence-electron chi connectivity index (χ1n) is 56.2. The fourth-order valence-electron chi connectivity index (χ4n) is 26.2. The standard InChI is InChI=1S/C48H86N4O8.C31H53NO3.C30H56N2O4.C12H23NO2/c1-41(2)23-31(24-42(3,4)49(41)17)57-37(53)21-35(39(55)59-33-27-45(9,10)51(19)46(11,12)28-33)36(40(56)60-34-29-47(13,14)52(20)48(15,16)30-34)22-38(54)58-32-25-43(5,6)50(18)44(7,8)26-32;1-13-14-15-22(27(34)35-23-19-30(8,9)32(12)31(10,11)20-23)16-21-17-24(28(2,3)4)26(33)25(18-21)29(5,6)7;1-27(2)19-23(20-28(3,4)31(27)9)35-25(33)17-15-13-11-12-14-16-18-26(34)36-24-21-29(5,6)32(10)30(7,8)22-24;1-9(14)15-10-7-11(2,3)13(6)12(4,5)8-10/h31-36H,21-30H2,1-20H3;17-18,22-23,33H,13-16,19-20H2,1-12H3;23-24H,11-22H2,1-10H3;10H,7-8H2,1-6H3. The predicted molar refractivity (Wildman–Crippen MR) is 591 cm³/mol. The lowest BCUT2D eigenvalue weighted by Crippen LogP contribution is -2.61. The number of aromatic hydroxyl groups is 1. The molecule has 8 aliphatic rings. The van der Waals surface area contributed by atoms with Crippen molar-refractivity contribution in [3.8, 4) is 5.75 Å². The Kier molecular flexibility index (Phi) is 42.6. The molecular formula is C121H218N8O17. The molecule has 9 rings (SSSR count). The van der Waals surface area contributed by atoms with Crippen LogP contribution in [0.2, 0.25) is 0 Å². The molecule has 25 heteroatoms. The second-order valence-electron chi connectivity index (χ2n) is 58.4. The molecule has 0 bridgehead atoms. The van der Waals surface area contributed by atoms with E-state index in [4.69, 9.17) is 37.9 Å². The van der Waals surface area contributed by atoms with Crippen molar-refractivity contribution in [3.05, 3.63) is 28.8 Å². The molecule has 8 aliphatic heterocycles. The minimum atomic E-state index is -1.34. The minimum Gasteiger partial charge on any atom is -0.507 e. The highest BCUT2D eigenvalue weighted by Crippen LogP contribution is 2.49. The fraction of sp³-hybridized carbons (Fsp3) is 0.884. The molecule has 8 heterocycles. The maximum atomic E-state index is 14.8. The summed E-state index contributed by atoms with van der Waals surface area (Å²) in [6, 6.07) is 4.22. The van der Waals surface area contributed by atoms with Gasteiger partial charge in [-0.2, -0.15) is 0 Å². The number of piperidine rings is 8. The summed E-state index contributed by atoms with van der Waals surface area (Å²) < 4.78 is 48.6. The summed E-state index contributed by atoms with van der Waals surface area (Å²) >= 11 is 0. The average molecular weight is 2060 g/mol. The van der Waals surface area contributed by atoms with Crippen LogP contribution >= 0.6 is 0 Å². The number of esters is 8. The van der Waals surface area contributed by atoms with Gasteiger partial charge in [0.1, 0.15) is 54.6 Å². The second kappa shape index (κ2) is 48.2. The molecule has 0 spiro atoms. The van der Waals surface area contributed by atoms with E-state index >= 15 is 0 Å². The van der Waals surface area contributed by atoms with Crippen LogP contribution in [0.4, 0.5) is 0 Å². The first kappa shape index (κ1) is 129. The van der Waals surface area contributed by atoms with E-state index in [-0.39, 0.29) is 154 Å². The van der Waals surface area contributed by atoms with Crippen molar-refractivity contribution in [2.75, 3.05) is 56.4 Å². The lowest BCUT2D eigenvalue weighted by atomic mass is 9.77. The third-order valence-electron chi connectivity index (χ3n) is 36.9. The molecule has 1 N–H and O–H groups in total.